The number of phenols is 1. The van der Waals surface area contributed by atoms with E-state index < -0.39 is 29.4 Å². The molecule has 11 heteroatoms. The molecule has 0 amide bonds. The van der Waals surface area contributed by atoms with Crippen LogP contribution in [0.4, 0.5) is 19.0 Å². The summed E-state index contributed by atoms with van der Waals surface area (Å²) in [5.74, 6) is 5.10. The molecule has 2 aromatic heterocycles. The summed E-state index contributed by atoms with van der Waals surface area (Å²) < 4.78 is 53.2. The standard InChI is InChI=1S/C37H38F3N5O3/c1-3-6-28-31-34(32(40)33(41-28)26-15-24(46)14-20-7-9-27(39)25(4-2)30(20)26)42-36(48-19-37-11-5-12-44(37)18-22(38)16-37)43-35(31)45-17-21-13-23(45)8-10-29(21)47/h7,9,14-15,21-23,29,46-47H,4-5,8,10-13,16-19H2,1-2H3/t21?,22-,23?,29?,37+/m1/s1. The van der Waals surface area contributed by atoms with Gasteiger partial charge in [-0.1, -0.05) is 18.9 Å². The van der Waals surface area contributed by atoms with Gasteiger partial charge in [0.05, 0.1) is 17.0 Å². The molecule has 0 radical (unpaired) electrons. The maximum absolute atomic E-state index is 17.2. The van der Waals surface area contributed by atoms with Crippen LogP contribution in [0.15, 0.2) is 24.3 Å². The Morgan fingerprint density at radius 3 is 2.75 bits per heavy atom. The van der Waals surface area contributed by atoms with E-state index in [9.17, 15) is 14.6 Å². The van der Waals surface area contributed by atoms with Crippen LogP contribution in [0.25, 0.3) is 32.9 Å². The first-order chi connectivity index (χ1) is 23.2. The van der Waals surface area contributed by atoms with Gasteiger partial charge in [0.25, 0.3) is 0 Å². The zero-order valence-electron chi connectivity index (χ0n) is 27.1. The lowest BCUT2D eigenvalue weighted by molar-refractivity contribution is 0.0896. The van der Waals surface area contributed by atoms with Crippen molar-refractivity contribution in [3.05, 3.63) is 47.2 Å². The highest BCUT2D eigenvalue weighted by atomic mass is 19.1. The first kappa shape index (κ1) is 31.1. The topological polar surface area (TPSA) is 94.8 Å². The van der Waals surface area contributed by atoms with Crippen molar-refractivity contribution < 1.29 is 28.1 Å². The molecule has 5 heterocycles. The monoisotopic (exact) mass is 657 g/mol. The second-order valence-electron chi connectivity index (χ2n) is 13.8. The number of aromatic nitrogens is 3. The van der Waals surface area contributed by atoms with E-state index in [1.54, 1.807) is 13.0 Å². The summed E-state index contributed by atoms with van der Waals surface area (Å²) in [5.41, 5.74) is 0.211. The lowest BCUT2D eigenvalue weighted by Gasteiger charge is -2.31. The van der Waals surface area contributed by atoms with Crippen LogP contribution < -0.4 is 9.64 Å². The van der Waals surface area contributed by atoms with E-state index in [-0.39, 0.29) is 52.8 Å². The van der Waals surface area contributed by atoms with Gasteiger partial charge in [-0.25, -0.2) is 18.2 Å². The van der Waals surface area contributed by atoms with Gasteiger partial charge in [0, 0.05) is 37.0 Å². The first-order valence-corrected chi connectivity index (χ1v) is 16.9. The molecular weight excluding hydrogens is 619 g/mol. The number of phenolic OH excluding ortho intramolecular Hbond substituents is 1. The quantitative estimate of drug-likeness (QED) is 0.242. The lowest BCUT2D eigenvalue weighted by Crippen LogP contribution is -2.43. The van der Waals surface area contributed by atoms with E-state index in [0.717, 1.165) is 32.2 Å². The van der Waals surface area contributed by atoms with E-state index in [2.05, 4.69) is 26.6 Å². The average molecular weight is 658 g/mol. The number of aromatic hydroxyl groups is 1. The molecule has 3 saturated heterocycles. The lowest BCUT2D eigenvalue weighted by atomic mass is 9.88. The number of rotatable bonds is 6. The van der Waals surface area contributed by atoms with Crippen molar-refractivity contribution in [1.82, 2.24) is 19.9 Å². The molecule has 2 aromatic carbocycles. The maximum Gasteiger partial charge on any atom is 0.319 e. The number of aryl methyl sites for hydroxylation is 1. The summed E-state index contributed by atoms with van der Waals surface area (Å²) >= 11 is 0. The number of ether oxygens (including phenoxy) is 1. The highest BCUT2D eigenvalue weighted by Crippen LogP contribution is 2.45. The molecule has 5 atom stereocenters. The second kappa shape index (κ2) is 11.8. The number of hydrogen-bond acceptors (Lipinski definition) is 8. The van der Waals surface area contributed by atoms with Crippen LogP contribution in [-0.4, -0.2) is 80.2 Å². The van der Waals surface area contributed by atoms with E-state index >= 15 is 8.78 Å². The first-order valence-electron chi connectivity index (χ1n) is 16.9. The number of aliphatic hydroxyl groups is 1. The van der Waals surface area contributed by atoms with Gasteiger partial charge in [-0.2, -0.15) is 9.97 Å². The van der Waals surface area contributed by atoms with Crippen LogP contribution in [0, 0.1) is 29.4 Å². The third-order valence-electron chi connectivity index (χ3n) is 11.0. The average Bonchev–Trinajstić information content (AvgIpc) is 3.72. The molecule has 48 heavy (non-hydrogen) atoms. The normalized spacial score (nSPS) is 26.7. The number of fused-ring (bicyclic) bond motifs is 5. The van der Waals surface area contributed by atoms with Crippen molar-refractivity contribution in [2.45, 2.75) is 82.6 Å². The van der Waals surface area contributed by atoms with E-state index in [0.29, 0.717) is 59.9 Å². The van der Waals surface area contributed by atoms with Crippen LogP contribution in [0.3, 0.4) is 0 Å². The van der Waals surface area contributed by atoms with Gasteiger partial charge < -0.3 is 19.8 Å². The molecule has 1 aliphatic carbocycles. The number of aliphatic hydroxyl groups excluding tert-OH is 1. The molecule has 0 spiro atoms. The molecule has 8 rings (SSSR count). The molecular formula is C37H38F3N5O3. The Morgan fingerprint density at radius 1 is 1.10 bits per heavy atom. The van der Waals surface area contributed by atoms with E-state index in [4.69, 9.17) is 14.7 Å². The molecule has 250 valence electrons. The van der Waals surface area contributed by atoms with Crippen LogP contribution in [-0.2, 0) is 6.42 Å². The van der Waals surface area contributed by atoms with E-state index in [1.165, 1.54) is 18.2 Å². The van der Waals surface area contributed by atoms with Gasteiger partial charge in [0.15, 0.2) is 5.82 Å². The molecule has 2 N–H and O–H groups in total. The number of anilines is 1. The van der Waals surface area contributed by atoms with Crippen molar-refractivity contribution in [1.29, 1.82) is 0 Å². The highest BCUT2D eigenvalue weighted by molar-refractivity contribution is 6.03. The highest BCUT2D eigenvalue weighted by Gasteiger charge is 2.49. The predicted octanol–water partition coefficient (Wildman–Crippen LogP) is 6.07. The fraction of sp³-hybridized carbons (Fsp3) is 0.486. The number of nitrogens with zero attached hydrogens (tertiary/aromatic N) is 5. The molecule has 1 saturated carbocycles. The number of hydrogen-bond donors (Lipinski definition) is 2. The van der Waals surface area contributed by atoms with Gasteiger partial charge in [0.2, 0.25) is 0 Å². The summed E-state index contributed by atoms with van der Waals surface area (Å²) in [4.78, 5) is 18.5. The summed E-state index contributed by atoms with van der Waals surface area (Å²) in [5, 5.41) is 22.7. The summed E-state index contributed by atoms with van der Waals surface area (Å²) in [6.45, 7) is 5.34. The Morgan fingerprint density at radius 2 is 1.96 bits per heavy atom. The largest absolute Gasteiger partial charge is 0.508 e. The molecule has 4 aliphatic rings. The Balaban J connectivity index is 1.35. The van der Waals surface area contributed by atoms with Crippen LogP contribution >= 0.6 is 0 Å². The van der Waals surface area contributed by atoms with Crippen LogP contribution in [0.5, 0.6) is 11.8 Å². The van der Waals surface area contributed by atoms with Crippen molar-refractivity contribution in [3.8, 4) is 34.9 Å². The summed E-state index contributed by atoms with van der Waals surface area (Å²) in [7, 11) is 0. The smallest absolute Gasteiger partial charge is 0.319 e. The van der Waals surface area contributed by atoms with Crippen molar-refractivity contribution >= 4 is 27.5 Å². The maximum atomic E-state index is 17.2. The van der Waals surface area contributed by atoms with Crippen molar-refractivity contribution in [3.63, 3.8) is 0 Å². The summed E-state index contributed by atoms with van der Waals surface area (Å²) in [6, 6.07) is 5.86. The minimum Gasteiger partial charge on any atom is -0.508 e. The molecule has 3 unspecified atom stereocenters. The molecule has 3 aliphatic heterocycles. The van der Waals surface area contributed by atoms with Crippen LogP contribution in [0.1, 0.15) is 63.6 Å². The van der Waals surface area contributed by atoms with Gasteiger partial charge in [-0.3, -0.25) is 4.90 Å². The fourth-order valence-corrected chi connectivity index (χ4v) is 8.84. The van der Waals surface area contributed by atoms with Gasteiger partial charge in [-0.05, 0) is 92.4 Å². The molecule has 8 nitrogen and oxygen atoms in total. The van der Waals surface area contributed by atoms with Gasteiger partial charge >= 0.3 is 6.01 Å². The Kier molecular flexibility index (Phi) is 7.64. The number of pyridine rings is 1. The minimum atomic E-state index is -0.937. The Hall–Kier alpha value is -4.14. The Labute approximate surface area is 277 Å². The molecule has 4 aromatic rings. The zero-order chi connectivity index (χ0) is 33.3. The van der Waals surface area contributed by atoms with Gasteiger partial charge in [0.1, 0.15) is 47.1 Å². The third kappa shape index (κ3) is 4.95. The number of alkyl halides is 1. The second-order valence-corrected chi connectivity index (χ2v) is 13.8. The molecule has 2 bridgehead atoms. The number of halogens is 3. The van der Waals surface area contributed by atoms with Crippen molar-refractivity contribution in [2.24, 2.45) is 5.92 Å². The molecule has 4 fully saturated rings. The number of benzene rings is 2. The minimum absolute atomic E-state index is 0.0319. The zero-order valence-corrected chi connectivity index (χ0v) is 27.1. The van der Waals surface area contributed by atoms with Crippen molar-refractivity contribution in [2.75, 3.05) is 31.1 Å². The SMILES string of the molecule is CC#Cc1nc(-c2cc(O)cc3ccc(F)c(CC)c23)c(F)c2nc(OC[C@@]34CCCN3C[C@H](F)C4)nc(N3CC4CC3CCC4O)c12. The third-order valence-corrected chi connectivity index (χ3v) is 11.0. The van der Waals surface area contributed by atoms with Gasteiger partial charge in [-0.15, -0.1) is 0 Å². The predicted molar refractivity (Wildman–Crippen MR) is 177 cm³/mol. The van der Waals surface area contributed by atoms with Crippen LogP contribution in [0.2, 0.25) is 0 Å². The summed E-state index contributed by atoms with van der Waals surface area (Å²) in [6.07, 6.45) is 3.27. The van der Waals surface area contributed by atoms with E-state index in [1.807, 2.05) is 6.92 Å². The fourth-order valence-electron chi connectivity index (χ4n) is 8.84. The Bertz CT molecular complexity index is 2010.